The first-order valence-corrected chi connectivity index (χ1v) is 6.45. The minimum atomic E-state index is -3.59. The average molecular weight is 241 g/mol. The van der Waals surface area contributed by atoms with Crippen LogP contribution in [0.3, 0.4) is 0 Å². The van der Waals surface area contributed by atoms with Gasteiger partial charge in [0, 0.05) is 6.54 Å². The van der Waals surface area contributed by atoms with Gasteiger partial charge < -0.3 is 5.73 Å². The van der Waals surface area contributed by atoms with E-state index in [1.54, 1.807) is 12.1 Å². The molecule has 1 aromatic carbocycles. The van der Waals surface area contributed by atoms with Crippen LogP contribution in [0.2, 0.25) is 0 Å². The van der Waals surface area contributed by atoms with E-state index in [9.17, 15) is 8.42 Å². The van der Waals surface area contributed by atoms with E-state index in [0.717, 1.165) is 5.56 Å². The summed E-state index contributed by atoms with van der Waals surface area (Å²) in [6, 6.07) is 9.03. The topological polar surface area (TPSA) is 69.4 Å². The van der Waals surface area contributed by atoms with Gasteiger partial charge in [0.2, 0.25) is 0 Å². The average Bonchev–Trinajstić information content (AvgIpc) is 2.27. The van der Waals surface area contributed by atoms with Gasteiger partial charge in [-0.2, -0.15) is 8.42 Å². The van der Waals surface area contributed by atoms with Gasteiger partial charge in [-0.05, 0) is 5.56 Å². The maximum absolute atomic E-state index is 11.4. The fourth-order valence-electron chi connectivity index (χ4n) is 1.22. The molecule has 0 aromatic heterocycles. The Morgan fingerprint density at radius 2 is 2.00 bits per heavy atom. The van der Waals surface area contributed by atoms with Crippen LogP contribution in [0.15, 0.2) is 43.0 Å². The van der Waals surface area contributed by atoms with E-state index in [1.807, 2.05) is 18.2 Å². The molecule has 88 valence electrons. The summed E-state index contributed by atoms with van der Waals surface area (Å²) in [5.74, 6) is -0.190. The number of benzene rings is 1. The molecule has 0 amide bonds. The molecule has 0 bridgehead atoms. The van der Waals surface area contributed by atoms with Gasteiger partial charge in [0.25, 0.3) is 10.1 Å². The quantitative estimate of drug-likeness (QED) is 0.600. The van der Waals surface area contributed by atoms with Gasteiger partial charge in [0.15, 0.2) is 0 Å². The van der Waals surface area contributed by atoms with Crippen molar-refractivity contribution < 1.29 is 12.6 Å². The third-order valence-corrected chi connectivity index (χ3v) is 3.20. The van der Waals surface area contributed by atoms with Crippen molar-refractivity contribution in [3.63, 3.8) is 0 Å². The van der Waals surface area contributed by atoms with Gasteiger partial charge in [-0.15, -0.1) is 6.58 Å². The highest BCUT2D eigenvalue weighted by atomic mass is 32.2. The van der Waals surface area contributed by atoms with Gasteiger partial charge in [-0.1, -0.05) is 36.4 Å². The second kappa shape index (κ2) is 5.79. The summed E-state index contributed by atoms with van der Waals surface area (Å²) in [5, 5.41) is 0. The number of hydrogen-bond donors (Lipinski definition) is 1. The van der Waals surface area contributed by atoms with Crippen LogP contribution >= 0.6 is 0 Å². The molecular formula is C11H15NO3S. The summed E-state index contributed by atoms with van der Waals surface area (Å²) >= 11 is 0. The molecule has 0 aliphatic heterocycles. The van der Waals surface area contributed by atoms with Crippen LogP contribution in [0.5, 0.6) is 0 Å². The Morgan fingerprint density at radius 3 is 2.50 bits per heavy atom. The Labute approximate surface area is 95.9 Å². The van der Waals surface area contributed by atoms with Gasteiger partial charge >= 0.3 is 0 Å². The fraction of sp³-hybridized carbons (Fsp3) is 0.273. The number of nitrogens with two attached hydrogens (primary N) is 1. The SMILES string of the molecule is C=CC(OS(=O)(=O)CCN)c1ccccc1. The van der Waals surface area contributed by atoms with Crippen molar-refractivity contribution in [2.45, 2.75) is 6.10 Å². The lowest BCUT2D eigenvalue weighted by Crippen LogP contribution is -2.19. The van der Waals surface area contributed by atoms with Crippen LogP contribution in [-0.2, 0) is 14.3 Å². The summed E-state index contributed by atoms with van der Waals surface area (Å²) < 4.78 is 27.8. The Balaban J connectivity index is 2.82. The minimum Gasteiger partial charge on any atom is -0.329 e. The van der Waals surface area contributed by atoms with Crippen molar-refractivity contribution in [1.82, 2.24) is 0 Å². The van der Waals surface area contributed by atoms with Crippen LogP contribution in [0, 0.1) is 0 Å². The minimum absolute atomic E-state index is 0.0426. The summed E-state index contributed by atoms with van der Waals surface area (Å²) in [6.45, 7) is 3.60. The van der Waals surface area contributed by atoms with Crippen LogP contribution in [0.25, 0.3) is 0 Å². The monoisotopic (exact) mass is 241 g/mol. The van der Waals surface area contributed by atoms with E-state index >= 15 is 0 Å². The first kappa shape index (κ1) is 12.9. The molecule has 1 atom stereocenters. The molecule has 0 aliphatic carbocycles. The second-order valence-corrected chi connectivity index (χ2v) is 4.93. The zero-order valence-corrected chi connectivity index (χ0v) is 9.69. The van der Waals surface area contributed by atoms with E-state index in [4.69, 9.17) is 9.92 Å². The van der Waals surface area contributed by atoms with Crippen molar-refractivity contribution in [3.8, 4) is 0 Å². The number of rotatable bonds is 6. The summed E-state index contributed by atoms with van der Waals surface area (Å²) in [5.41, 5.74) is 5.93. The molecule has 0 fully saturated rings. The first-order chi connectivity index (χ1) is 7.59. The molecule has 1 unspecified atom stereocenters. The lowest BCUT2D eigenvalue weighted by molar-refractivity contribution is 0.262. The molecule has 2 N–H and O–H groups in total. The zero-order chi connectivity index (χ0) is 12.0. The maximum Gasteiger partial charge on any atom is 0.269 e. The molecule has 0 saturated carbocycles. The van der Waals surface area contributed by atoms with E-state index in [1.165, 1.54) is 6.08 Å². The Kier molecular flexibility index (Phi) is 4.67. The normalized spacial score (nSPS) is 13.3. The summed E-state index contributed by atoms with van der Waals surface area (Å²) in [4.78, 5) is 0. The van der Waals surface area contributed by atoms with Crippen molar-refractivity contribution in [1.29, 1.82) is 0 Å². The van der Waals surface area contributed by atoms with E-state index in [2.05, 4.69) is 6.58 Å². The highest BCUT2D eigenvalue weighted by molar-refractivity contribution is 7.86. The highest BCUT2D eigenvalue weighted by Crippen LogP contribution is 2.20. The lowest BCUT2D eigenvalue weighted by Gasteiger charge is -2.13. The summed E-state index contributed by atoms with van der Waals surface area (Å²) in [7, 11) is -3.59. The van der Waals surface area contributed by atoms with Crippen molar-refractivity contribution in [3.05, 3.63) is 48.6 Å². The van der Waals surface area contributed by atoms with Crippen molar-refractivity contribution in [2.75, 3.05) is 12.3 Å². The Hall–Kier alpha value is -1.17. The van der Waals surface area contributed by atoms with Gasteiger partial charge in [0.05, 0.1) is 5.75 Å². The third-order valence-electron chi connectivity index (χ3n) is 1.96. The molecule has 0 spiro atoms. The molecule has 4 nitrogen and oxygen atoms in total. The molecule has 5 heteroatoms. The van der Waals surface area contributed by atoms with Crippen LogP contribution in [0.4, 0.5) is 0 Å². The summed E-state index contributed by atoms with van der Waals surface area (Å²) in [6.07, 6.45) is 0.793. The molecule has 0 saturated heterocycles. The van der Waals surface area contributed by atoms with Gasteiger partial charge in [-0.3, -0.25) is 4.18 Å². The highest BCUT2D eigenvalue weighted by Gasteiger charge is 2.17. The maximum atomic E-state index is 11.4. The third kappa shape index (κ3) is 3.77. The second-order valence-electron chi connectivity index (χ2n) is 3.21. The van der Waals surface area contributed by atoms with Crippen LogP contribution in [0.1, 0.15) is 11.7 Å². The first-order valence-electron chi connectivity index (χ1n) is 4.87. The predicted molar refractivity (Wildman–Crippen MR) is 63.3 cm³/mol. The van der Waals surface area contributed by atoms with Gasteiger partial charge in [0.1, 0.15) is 6.10 Å². The molecule has 1 rings (SSSR count). The molecule has 0 radical (unpaired) electrons. The Bertz CT molecular complexity index is 428. The molecule has 0 aliphatic rings. The lowest BCUT2D eigenvalue weighted by atomic mass is 10.1. The Morgan fingerprint density at radius 1 is 1.38 bits per heavy atom. The van der Waals surface area contributed by atoms with Gasteiger partial charge in [-0.25, -0.2) is 0 Å². The smallest absolute Gasteiger partial charge is 0.269 e. The van der Waals surface area contributed by atoms with Crippen molar-refractivity contribution >= 4 is 10.1 Å². The van der Waals surface area contributed by atoms with E-state index < -0.39 is 16.2 Å². The van der Waals surface area contributed by atoms with Crippen LogP contribution < -0.4 is 5.73 Å². The molecule has 16 heavy (non-hydrogen) atoms. The molecule has 1 aromatic rings. The molecule has 0 heterocycles. The van der Waals surface area contributed by atoms with Crippen LogP contribution in [-0.4, -0.2) is 20.7 Å². The van der Waals surface area contributed by atoms with Crippen molar-refractivity contribution in [2.24, 2.45) is 5.73 Å². The number of hydrogen-bond acceptors (Lipinski definition) is 4. The fourth-order valence-corrected chi connectivity index (χ4v) is 2.11. The molecular weight excluding hydrogens is 226 g/mol. The zero-order valence-electron chi connectivity index (χ0n) is 8.87. The van der Waals surface area contributed by atoms with E-state index in [0.29, 0.717) is 0 Å². The van der Waals surface area contributed by atoms with E-state index in [-0.39, 0.29) is 12.3 Å². The largest absolute Gasteiger partial charge is 0.329 e. The predicted octanol–water partition coefficient (Wildman–Crippen LogP) is 1.22. The standard InChI is InChI=1S/C11H15NO3S/c1-2-11(10-6-4-3-5-7-10)15-16(13,14)9-8-12/h2-7,11H,1,8-9,12H2.